The van der Waals surface area contributed by atoms with E-state index in [9.17, 15) is 9.59 Å². The van der Waals surface area contributed by atoms with Gasteiger partial charge in [-0.15, -0.1) is 0 Å². The van der Waals surface area contributed by atoms with Crippen molar-refractivity contribution in [2.75, 3.05) is 0 Å². The van der Waals surface area contributed by atoms with Gasteiger partial charge in [0.25, 0.3) is 0 Å². The molecule has 0 bridgehead atoms. The second-order valence-electron chi connectivity index (χ2n) is 5.52. The van der Waals surface area contributed by atoms with Crippen LogP contribution in [-0.2, 0) is 11.3 Å². The van der Waals surface area contributed by atoms with Crippen LogP contribution in [0.25, 0.3) is 11.1 Å². The first-order valence-corrected chi connectivity index (χ1v) is 7.45. The predicted octanol–water partition coefficient (Wildman–Crippen LogP) is 2.34. The average molecular weight is 311 g/mol. The normalized spacial score (nSPS) is 11.6. The van der Waals surface area contributed by atoms with Gasteiger partial charge < -0.3 is 16.4 Å². The number of aryl methyl sites for hydroxylation is 1. The highest BCUT2D eigenvalue weighted by atomic mass is 16.2. The van der Waals surface area contributed by atoms with Crippen LogP contribution in [0.2, 0.25) is 0 Å². The molecule has 0 saturated heterocycles. The highest BCUT2D eigenvalue weighted by molar-refractivity contribution is 5.86. The summed E-state index contributed by atoms with van der Waals surface area (Å²) in [5.74, 6) is -0.273. The third-order valence-electron chi connectivity index (χ3n) is 3.50. The van der Waals surface area contributed by atoms with Crippen LogP contribution in [-0.4, -0.2) is 18.0 Å². The summed E-state index contributed by atoms with van der Waals surface area (Å²) >= 11 is 0. The van der Waals surface area contributed by atoms with Gasteiger partial charge in [-0.05, 0) is 36.6 Å². The van der Waals surface area contributed by atoms with Crippen LogP contribution in [0.4, 0.5) is 4.79 Å². The number of amides is 3. The van der Waals surface area contributed by atoms with Crippen molar-refractivity contribution in [3.63, 3.8) is 0 Å². The Hall–Kier alpha value is -2.82. The Morgan fingerprint density at radius 2 is 1.74 bits per heavy atom. The van der Waals surface area contributed by atoms with Crippen molar-refractivity contribution < 1.29 is 9.59 Å². The Balaban J connectivity index is 2.03. The summed E-state index contributed by atoms with van der Waals surface area (Å²) in [4.78, 5) is 22.6. The molecule has 2 aromatic carbocycles. The lowest BCUT2D eigenvalue weighted by Gasteiger charge is -2.13. The van der Waals surface area contributed by atoms with Crippen molar-refractivity contribution >= 4 is 11.9 Å². The van der Waals surface area contributed by atoms with Crippen LogP contribution in [0, 0.1) is 6.92 Å². The van der Waals surface area contributed by atoms with Gasteiger partial charge in [0.1, 0.15) is 6.04 Å². The number of primary amides is 1. The Bertz CT molecular complexity index is 713. The maximum Gasteiger partial charge on any atom is 0.312 e. The summed E-state index contributed by atoms with van der Waals surface area (Å²) in [5.41, 5.74) is 9.44. The highest BCUT2D eigenvalue weighted by Gasteiger charge is 2.13. The zero-order chi connectivity index (χ0) is 16.8. The van der Waals surface area contributed by atoms with E-state index in [4.69, 9.17) is 5.73 Å². The van der Waals surface area contributed by atoms with Crippen molar-refractivity contribution in [2.45, 2.75) is 26.4 Å². The smallest absolute Gasteiger partial charge is 0.312 e. The molecule has 0 spiro atoms. The Morgan fingerprint density at radius 1 is 1.09 bits per heavy atom. The van der Waals surface area contributed by atoms with Crippen LogP contribution in [0.5, 0.6) is 0 Å². The van der Waals surface area contributed by atoms with Crippen LogP contribution in [0.3, 0.4) is 0 Å². The molecule has 0 aromatic heterocycles. The fourth-order valence-corrected chi connectivity index (χ4v) is 2.31. The first-order valence-electron chi connectivity index (χ1n) is 7.45. The molecule has 5 heteroatoms. The molecule has 0 saturated carbocycles. The third kappa shape index (κ3) is 4.85. The zero-order valence-electron chi connectivity index (χ0n) is 13.3. The molecule has 0 heterocycles. The van der Waals surface area contributed by atoms with E-state index in [1.54, 1.807) is 6.92 Å². The molecule has 0 fully saturated rings. The third-order valence-corrected chi connectivity index (χ3v) is 3.50. The van der Waals surface area contributed by atoms with Crippen LogP contribution >= 0.6 is 0 Å². The number of carbonyl (C=O) groups excluding carboxylic acids is 2. The van der Waals surface area contributed by atoms with Gasteiger partial charge in [0.05, 0.1) is 0 Å². The molecule has 4 N–H and O–H groups in total. The summed E-state index contributed by atoms with van der Waals surface area (Å²) in [6, 6.07) is 14.9. The lowest BCUT2D eigenvalue weighted by Crippen LogP contribution is -2.46. The largest absolute Gasteiger partial charge is 0.352 e. The monoisotopic (exact) mass is 311 g/mol. The molecule has 0 unspecified atom stereocenters. The highest BCUT2D eigenvalue weighted by Crippen LogP contribution is 2.21. The molecule has 5 nitrogen and oxygen atoms in total. The second kappa shape index (κ2) is 7.45. The summed E-state index contributed by atoms with van der Waals surface area (Å²) in [5, 5.41) is 5.13. The number of hydrogen-bond acceptors (Lipinski definition) is 2. The van der Waals surface area contributed by atoms with E-state index < -0.39 is 12.1 Å². The molecule has 2 aromatic rings. The number of rotatable bonds is 5. The van der Waals surface area contributed by atoms with Crippen molar-refractivity contribution in [2.24, 2.45) is 5.73 Å². The Labute approximate surface area is 135 Å². The van der Waals surface area contributed by atoms with Crippen molar-refractivity contribution in [3.05, 3.63) is 59.7 Å². The number of urea groups is 1. The lowest BCUT2D eigenvalue weighted by molar-refractivity contribution is -0.122. The number of nitrogens with one attached hydrogen (secondary N) is 2. The summed E-state index contributed by atoms with van der Waals surface area (Å²) in [6.45, 7) is 4.03. The minimum Gasteiger partial charge on any atom is -0.352 e. The van der Waals surface area contributed by atoms with E-state index in [1.165, 1.54) is 5.56 Å². The first-order chi connectivity index (χ1) is 11.0. The summed E-state index contributed by atoms with van der Waals surface area (Å²) in [7, 11) is 0. The molecule has 3 amide bonds. The second-order valence-corrected chi connectivity index (χ2v) is 5.52. The Kier molecular flexibility index (Phi) is 5.36. The van der Waals surface area contributed by atoms with Crippen LogP contribution in [0.15, 0.2) is 48.5 Å². The van der Waals surface area contributed by atoms with Gasteiger partial charge in [0.15, 0.2) is 0 Å². The van der Waals surface area contributed by atoms with Crippen LogP contribution < -0.4 is 16.4 Å². The molecule has 0 aliphatic heterocycles. The molecule has 120 valence electrons. The van der Waals surface area contributed by atoms with E-state index in [0.717, 1.165) is 16.7 Å². The molecule has 0 aliphatic rings. The fraction of sp³-hybridized carbons (Fsp3) is 0.222. The van der Waals surface area contributed by atoms with Gasteiger partial charge in [-0.2, -0.15) is 0 Å². The Morgan fingerprint density at radius 3 is 2.39 bits per heavy atom. The summed E-state index contributed by atoms with van der Waals surface area (Å²) < 4.78 is 0. The van der Waals surface area contributed by atoms with Gasteiger partial charge in [0.2, 0.25) is 5.91 Å². The van der Waals surface area contributed by atoms with Gasteiger partial charge in [-0.1, -0.05) is 48.0 Å². The van der Waals surface area contributed by atoms with E-state index in [0.29, 0.717) is 6.54 Å². The van der Waals surface area contributed by atoms with Gasteiger partial charge in [-0.3, -0.25) is 4.79 Å². The molecular formula is C18H21N3O2. The summed E-state index contributed by atoms with van der Waals surface area (Å²) in [6.07, 6.45) is 0. The standard InChI is InChI=1S/C18H21N3O2/c1-12-5-3-7-15(9-12)16-8-4-6-14(10-16)11-20-17(22)13(2)21-18(19)23/h3-10,13H,11H2,1-2H3,(H,20,22)(H3,19,21,23)/t13-/m0/s1. The maximum absolute atomic E-state index is 11.9. The van der Waals surface area contributed by atoms with Gasteiger partial charge in [0, 0.05) is 6.54 Å². The predicted molar refractivity (Wildman–Crippen MR) is 90.6 cm³/mol. The van der Waals surface area contributed by atoms with Crippen molar-refractivity contribution in [1.29, 1.82) is 0 Å². The average Bonchev–Trinajstić information content (AvgIpc) is 2.52. The lowest BCUT2D eigenvalue weighted by atomic mass is 10.0. The number of benzene rings is 2. The van der Waals surface area contributed by atoms with Gasteiger partial charge >= 0.3 is 6.03 Å². The quantitative estimate of drug-likeness (QED) is 0.792. The van der Waals surface area contributed by atoms with E-state index in [2.05, 4.69) is 35.8 Å². The van der Waals surface area contributed by atoms with Crippen LogP contribution in [0.1, 0.15) is 18.1 Å². The number of nitrogens with two attached hydrogens (primary N) is 1. The zero-order valence-corrected chi connectivity index (χ0v) is 13.3. The molecule has 1 atom stereocenters. The number of hydrogen-bond donors (Lipinski definition) is 3. The maximum atomic E-state index is 11.9. The molecular weight excluding hydrogens is 290 g/mol. The minimum atomic E-state index is -0.714. The topological polar surface area (TPSA) is 84.2 Å². The van der Waals surface area contributed by atoms with E-state index in [-0.39, 0.29) is 5.91 Å². The molecule has 23 heavy (non-hydrogen) atoms. The van der Waals surface area contributed by atoms with E-state index in [1.807, 2.05) is 30.3 Å². The number of carbonyl (C=O) groups is 2. The molecule has 0 aliphatic carbocycles. The minimum absolute atomic E-state index is 0.273. The van der Waals surface area contributed by atoms with E-state index >= 15 is 0 Å². The SMILES string of the molecule is Cc1cccc(-c2cccc(CNC(=O)[C@H](C)NC(N)=O)c2)c1. The molecule has 2 rings (SSSR count). The van der Waals surface area contributed by atoms with Crippen molar-refractivity contribution in [3.8, 4) is 11.1 Å². The van der Waals surface area contributed by atoms with Gasteiger partial charge in [-0.25, -0.2) is 4.79 Å². The first kappa shape index (κ1) is 16.5. The van der Waals surface area contributed by atoms with Crippen molar-refractivity contribution in [1.82, 2.24) is 10.6 Å². The molecule has 0 radical (unpaired) electrons. The fourth-order valence-electron chi connectivity index (χ4n) is 2.31.